The van der Waals surface area contributed by atoms with Crippen LogP contribution in [0.25, 0.3) is 0 Å². The largest absolute Gasteiger partial charge is 0.313 e. The van der Waals surface area contributed by atoms with E-state index in [4.69, 9.17) is 0 Å². The molecular formula is C17H27N. The minimum atomic E-state index is 0.642. The summed E-state index contributed by atoms with van der Waals surface area (Å²) in [5, 5.41) is 3.78. The number of rotatable bonds is 6. The SMILES string of the molecule is CCC(Cc1ccccc1)NCC1CCC(C)C1. The molecule has 1 N–H and O–H groups in total. The molecule has 2 rings (SSSR count). The van der Waals surface area contributed by atoms with Crippen LogP contribution in [0.4, 0.5) is 0 Å². The van der Waals surface area contributed by atoms with Gasteiger partial charge in [-0.15, -0.1) is 0 Å². The molecule has 0 radical (unpaired) electrons. The molecule has 0 heterocycles. The third kappa shape index (κ3) is 4.13. The molecule has 18 heavy (non-hydrogen) atoms. The maximum absolute atomic E-state index is 3.78. The van der Waals surface area contributed by atoms with Crippen molar-refractivity contribution in [3.63, 3.8) is 0 Å². The lowest BCUT2D eigenvalue weighted by Crippen LogP contribution is -2.34. The maximum atomic E-state index is 3.78. The molecule has 1 fully saturated rings. The monoisotopic (exact) mass is 245 g/mol. The van der Waals surface area contributed by atoms with Gasteiger partial charge in [-0.05, 0) is 49.6 Å². The lowest BCUT2D eigenvalue weighted by Gasteiger charge is -2.20. The van der Waals surface area contributed by atoms with Gasteiger partial charge < -0.3 is 5.32 Å². The first-order valence-corrected chi connectivity index (χ1v) is 7.55. The van der Waals surface area contributed by atoms with Crippen LogP contribution in [0.5, 0.6) is 0 Å². The van der Waals surface area contributed by atoms with E-state index >= 15 is 0 Å². The maximum Gasteiger partial charge on any atom is 0.0105 e. The predicted octanol–water partition coefficient (Wildman–Crippen LogP) is 4.03. The fourth-order valence-corrected chi connectivity index (χ4v) is 3.10. The molecule has 1 aliphatic carbocycles. The Morgan fingerprint density at radius 1 is 1.22 bits per heavy atom. The van der Waals surface area contributed by atoms with Gasteiger partial charge in [-0.3, -0.25) is 0 Å². The van der Waals surface area contributed by atoms with Gasteiger partial charge in [-0.2, -0.15) is 0 Å². The van der Waals surface area contributed by atoms with Gasteiger partial charge in [0.05, 0.1) is 0 Å². The third-order valence-corrected chi connectivity index (χ3v) is 4.32. The van der Waals surface area contributed by atoms with Gasteiger partial charge in [-0.1, -0.05) is 50.6 Å². The summed E-state index contributed by atoms with van der Waals surface area (Å²) >= 11 is 0. The molecule has 1 aromatic carbocycles. The highest BCUT2D eigenvalue weighted by atomic mass is 14.9. The highest BCUT2D eigenvalue weighted by Gasteiger charge is 2.21. The van der Waals surface area contributed by atoms with Crippen molar-refractivity contribution in [2.45, 2.75) is 52.0 Å². The van der Waals surface area contributed by atoms with E-state index < -0.39 is 0 Å². The van der Waals surface area contributed by atoms with Crippen molar-refractivity contribution < 1.29 is 0 Å². The molecule has 1 aliphatic rings. The van der Waals surface area contributed by atoms with E-state index in [1.165, 1.54) is 44.2 Å². The van der Waals surface area contributed by atoms with E-state index in [9.17, 15) is 0 Å². The van der Waals surface area contributed by atoms with Crippen molar-refractivity contribution in [2.24, 2.45) is 11.8 Å². The first kappa shape index (κ1) is 13.6. The second-order valence-electron chi connectivity index (χ2n) is 5.99. The average Bonchev–Trinajstić information content (AvgIpc) is 2.81. The molecule has 0 aliphatic heterocycles. The van der Waals surface area contributed by atoms with Crippen LogP contribution in [-0.2, 0) is 6.42 Å². The second-order valence-corrected chi connectivity index (χ2v) is 5.99. The van der Waals surface area contributed by atoms with Crippen molar-refractivity contribution in [1.29, 1.82) is 0 Å². The Morgan fingerprint density at radius 2 is 2.00 bits per heavy atom. The number of hydrogen-bond donors (Lipinski definition) is 1. The Morgan fingerprint density at radius 3 is 2.61 bits per heavy atom. The molecule has 0 aromatic heterocycles. The lowest BCUT2D eigenvalue weighted by molar-refractivity contribution is 0.413. The summed E-state index contributed by atoms with van der Waals surface area (Å²) in [6, 6.07) is 11.5. The smallest absolute Gasteiger partial charge is 0.0105 e. The Kier molecular flexibility index (Phi) is 5.25. The minimum Gasteiger partial charge on any atom is -0.313 e. The van der Waals surface area contributed by atoms with E-state index in [1.54, 1.807) is 0 Å². The van der Waals surface area contributed by atoms with E-state index in [-0.39, 0.29) is 0 Å². The Bertz CT molecular complexity index is 333. The molecule has 1 saturated carbocycles. The molecule has 3 unspecified atom stereocenters. The van der Waals surface area contributed by atoms with Crippen LogP contribution in [0, 0.1) is 11.8 Å². The Hall–Kier alpha value is -0.820. The van der Waals surface area contributed by atoms with E-state index in [0.717, 1.165) is 11.8 Å². The van der Waals surface area contributed by atoms with Gasteiger partial charge in [0.2, 0.25) is 0 Å². The molecule has 1 nitrogen and oxygen atoms in total. The average molecular weight is 245 g/mol. The minimum absolute atomic E-state index is 0.642. The van der Waals surface area contributed by atoms with Crippen molar-refractivity contribution in [1.82, 2.24) is 5.32 Å². The van der Waals surface area contributed by atoms with Crippen molar-refractivity contribution in [3.8, 4) is 0 Å². The Balaban J connectivity index is 1.75. The molecule has 1 aromatic rings. The zero-order valence-corrected chi connectivity index (χ0v) is 11.9. The van der Waals surface area contributed by atoms with Crippen LogP contribution in [0.1, 0.15) is 45.1 Å². The number of hydrogen-bond acceptors (Lipinski definition) is 1. The zero-order chi connectivity index (χ0) is 12.8. The Labute approximate surface area is 112 Å². The highest BCUT2D eigenvalue weighted by Crippen LogP contribution is 2.29. The third-order valence-electron chi connectivity index (χ3n) is 4.32. The van der Waals surface area contributed by atoms with Crippen molar-refractivity contribution >= 4 is 0 Å². The van der Waals surface area contributed by atoms with Crippen LogP contribution in [-0.4, -0.2) is 12.6 Å². The summed E-state index contributed by atoms with van der Waals surface area (Å²) in [6.45, 7) is 5.90. The van der Waals surface area contributed by atoms with Crippen LogP contribution in [0.15, 0.2) is 30.3 Å². The fourth-order valence-electron chi connectivity index (χ4n) is 3.10. The number of nitrogens with one attached hydrogen (secondary N) is 1. The molecule has 0 bridgehead atoms. The fraction of sp³-hybridized carbons (Fsp3) is 0.647. The zero-order valence-electron chi connectivity index (χ0n) is 11.9. The molecule has 0 saturated heterocycles. The lowest BCUT2D eigenvalue weighted by atomic mass is 10.0. The van der Waals surface area contributed by atoms with E-state index in [0.29, 0.717) is 6.04 Å². The van der Waals surface area contributed by atoms with Crippen LogP contribution >= 0.6 is 0 Å². The van der Waals surface area contributed by atoms with Gasteiger partial charge in [0.1, 0.15) is 0 Å². The standard InChI is InChI=1S/C17H27N/c1-3-17(12-15-7-5-4-6-8-15)18-13-16-10-9-14(2)11-16/h4-8,14,16-18H,3,9-13H2,1-2H3. The summed E-state index contributed by atoms with van der Waals surface area (Å²) in [4.78, 5) is 0. The quantitative estimate of drug-likeness (QED) is 0.798. The molecule has 1 heteroatoms. The van der Waals surface area contributed by atoms with Crippen molar-refractivity contribution in [2.75, 3.05) is 6.54 Å². The molecule has 0 spiro atoms. The summed E-state index contributed by atoms with van der Waals surface area (Å²) in [5.41, 5.74) is 1.46. The van der Waals surface area contributed by atoms with Gasteiger partial charge in [0, 0.05) is 6.04 Å². The summed E-state index contributed by atoms with van der Waals surface area (Å²) in [6.07, 6.45) is 6.67. The van der Waals surface area contributed by atoms with Gasteiger partial charge in [-0.25, -0.2) is 0 Å². The summed E-state index contributed by atoms with van der Waals surface area (Å²) in [5.74, 6) is 1.87. The normalized spacial score (nSPS) is 25.2. The van der Waals surface area contributed by atoms with Gasteiger partial charge in [0.25, 0.3) is 0 Å². The highest BCUT2D eigenvalue weighted by molar-refractivity contribution is 5.15. The first-order valence-electron chi connectivity index (χ1n) is 7.55. The molecular weight excluding hydrogens is 218 g/mol. The van der Waals surface area contributed by atoms with Gasteiger partial charge >= 0.3 is 0 Å². The van der Waals surface area contributed by atoms with Crippen LogP contribution in [0.2, 0.25) is 0 Å². The molecule has 3 atom stereocenters. The molecule has 0 amide bonds. The summed E-state index contributed by atoms with van der Waals surface area (Å²) < 4.78 is 0. The van der Waals surface area contributed by atoms with E-state index in [2.05, 4.69) is 49.5 Å². The predicted molar refractivity (Wildman–Crippen MR) is 78.7 cm³/mol. The second kappa shape index (κ2) is 6.94. The van der Waals surface area contributed by atoms with E-state index in [1.807, 2.05) is 0 Å². The summed E-state index contributed by atoms with van der Waals surface area (Å²) in [7, 11) is 0. The van der Waals surface area contributed by atoms with Crippen LogP contribution in [0.3, 0.4) is 0 Å². The molecule has 100 valence electrons. The van der Waals surface area contributed by atoms with Crippen LogP contribution < -0.4 is 5.32 Å². The van der Waals surface area contributed by atoms with Crippen molar-refractivity contribution in [3.05, 3.63) is 35.9 Å². The topological polar surface area (TPSA) is 12.0 Å². The number of benzene rings is 1. The first-order chi connectivity index (χ1) is 8.78. The van der Waals surface area contributed by atoms with Gasteiger partial charge in [0.15, 0.2) is 0 Å².